The number of aromatic hydroxyl groups is 1. The maximum atomic E-state index is 13.6. The van der Waals surface area contributed by atoms with Crippen molar-refractivity contribution >= 4 is 23.6 Å². The first-order valence-electron chi connectivity index (χ1n) is 12.9. The van der Waals surface area contributed by atoms with Gasteiger partial charge in [0.15, 0.2) is 5.69 Å². The number of hydrogen-bond donors (Lipinski definition) is 6. The Morgan fingerprint density at radius 3 is 2.38 bits per heavy atom. The summed E-state index contributed by atoms with van der Waals surface area (Å²) >= 11 is 0. The molecular formula is C27H36N6O6. The third-order valence-corrected chi connectivity index (χ3v) is 6.89. The summed E-state index contributed by atoms with van der Waals surface area (Å²) in [5, 5.41) is 32.1. The maximum Gasteiger partial charge on any atom is 0.273 e. The van der Waals surface area contributed by atoms with Gasteiger partial charge < -0.3 is 31.5 Å². The summed E-state index contributed by atoms with van der Waals surface area (Å²) in [4.78, 5) is 60.4. The highest BCUT2D eigenvalue weighted by Gasteiger charge is 2.38. The number of pyridine rings is 2. The molecule has 2 aromatic heterocycles. The van der Waals surface area contributed by atoms with E-state index in [-0.39, 0.29) is 30.3 Å². The van der Waals surface area contributed by atoms with Crippen molar-refractivity contribution in [3.8, 4) is 5.75 Å². The topological polar surface area (TPSA) is 183 Å². The molecule has 1 aliphatic heterocycles. The number of carbonyl (C=O) groups is 4. The van der Waals surface area contributed by atoms with Crippen molar-refractivity contribution in [2.75, 3.05) is 6.54 Å². The molecule has 210 valence electrons. The zero-order valence-corrected chi connectivity index (χ0v) is 22.4. The molecule has 0 aromatic carbocycles. The van der Waals surface area contributed by atoms with E-state index in [0.717, 1.165) is 5.56 Å². The third kappa shape index (κ3) is 7.50. The monoisotopic (exact) mass is 540 g/mol. The Labute approximate surface area is 227 Å². The van der Waals surface area contributed by atoms with Crippen molar-refractivity contribution in [1.82, 2.24) is 31.2 Å². The van der Waals surface area contributed by atoms with Crippen LogP contribution in [0.25, 0.3) is 0 Å². The summed E-state index contributed by atoms with van der Waals surface area (Å²) < 4.78 is 0. The van der Waals surface area contributed by atoms with Crippen molar-refractivity contribution in [1.29, 1.82) is 0 Å². The van der Waals surface area contributed by atoms with Gasteiger partial charge in [0.05, 0.1) is 24.0 Å². The molecule has 39 heavy (non-hydrogen) atoms. The van der Waals surface area contributed by atoms with E-state index in [1.807, 2.05) is 0 Å². The summed E-state index contributed by atoms with van der Waals surface area (Å²) in [6.07, 6.45) is 3.46. The predicted molar refractivity (Wildman–Crippen MR) is 141 cm³/mol. The number of carbonyl (C=O) groups excluding carboxylic acids is 4. The second kappa shape index (κ2) is 13.1. The van der Waals surface area contributed by atoms with Gasteiger partial charge in [-0.3, -0.25) is 24.2 Å². The van der Waals surface area contributed by atoms with Gasteiger partial charge in [-0.05, 0) is 43.0 Å². The Morgan fingerprint density at radius 2 is 1.74 bits per heavy atom. The van der Waals surface area contributed by atoms with Crippen LogP contribution < -0.4 is 21.3 Å². The van der Waals surface area contributed by atoms with E-state index in [4.69, 9.17) is 0 Å². The van der Waals surface area contributed by atoms with Gasteiger partial charge in [0.25, 0.3) is 5.91 Å². The van der Waals surface area contributed by atoms with Crippen LogP contribution in [0, 0.1) is 17.8 Å². The number of aliphatic hydroxyl groups is 1. The normalized spacial score (nSPS) is 26.5. The molecule has 0 bridgehead atoms. The number of amides is 4. The summed E-state index contributed by atoms with van der Waals surface area (Å²) in [6.45, 7) is 6.50. The van der Waals surface area contributed by atoms with Gasteiger partial charge in [0.1, 0.15) is 11.8 Å². The number of nitrogens with one attached hydrogen (secondary N) is 4. The van der Waals surface area contributed by atoms with Crippen LogP contribution in [0.3, 0.4) is 0 Å². The van der Waals surface area contributed by atoms with E-state index in [2.05, 4.69) is 31.2 Å². The molecule has 4 amide bonds. The fourth-order valence-electron chi connectivity index (χ4n) is 4.41. The number of aromatic nitrogens is 2. The van der Waals surface area contributed by atoms with Crippen molar-refractivity contribution in [3.63, 3.8) is 0 Å². The molecule has 1 aliphatic rings. The van der Waals surface area contributed by atoms with Gasteiger partial charge in [-0.15, -0.1) is 0 Å². The highest BCUT2D eigenvalue weighted by molar-refractivity contribution is 5.95. The summed E-state index contributed by atoms with van der Waals surface area (Å²) in [5.74, 6) is -4.77. The van der Waals surface area contributed by atoms with Gasteiger partial charge >= 0.3 is 0 Å². The molecule has 0 aliphatic carbocycles. The molecule has 3 rings (SSSR count). The first-order valence-corrected chi connectivity index (χ1v) is 12.9. The first-order chi connectivity index (χ1) is 18.5. The van der Waals surface area contributed by atoms with Crippen LogP contribution in [-0.2, 0) is 20.8 Å². The van der Waals surface area contributed by atoms with Gasteiger partial charge in [-0.1, -0.05) is 26.8 Å². The minimum atomic E-state index is -1.29. The minimum Gasteiger partial charge on any atom is -0.505 e. The van der Waals surface area contributed by atoms with E-state index in [0.29, 0.717) is 0 Å². The Kier molecular flexibility index (Phi) is 9.94. The van der Waals surface area contributed by atoms with E-state index in [1.165, 1.54) is 25.3 Å². The van der Waals surface area contributed by atoms with Crippen molar-refractivity contribution in [2.24, 2.45) is 17.8 Å². The van der Waals surface area contributed by atoms with Crippen LogP contribution in [0.4, 0.5) is 0 Å². The quantitative estimate of drug-likeness (QED) is 0.294. The molecular weight excluding hydrogens is 504 g/mol. The van der Waals surface area contributed by atoms with Crippen LogP contribution in [0.5, 0.6) is 5.75 Å². The zero-order valence-electron chi connectivity index (χ0n) is 22.4. The van der Waals surface area contributed by atoms with Gasteiger partial charge in [0, 0.05) is 31.2 Å². The minimum absolute atomic E-state index is 0.188. The lowest BCUT2D eigenvalue weighted by atomic mass is 9.90. The number of rotatable bonds is 6. The number of hydrogen-bond acceptors (Lipinski definition) is 8. The summed E-state index contributed by atoms with van der Waals surface area (Å²) in [7, 11) is 0. The molecule has 0 spiro atoms. The van der Waals surface area contributed by atoms with Gasteiger partial charge in [-0.25, -0.2) is 4.98 Å². The fourth-order valence-corrected chi connectivity index (χ4v) is 4.41. The molecule has 1 saturated heterocycles. The molecule has 6 N–H and O–H groups in total. The molecule has 12 nitrogen and oxygen atoms in total. The van der Waals surface area contributed by atoms with E-state index in [1.54, 1.807) is 45.3 Å². The summed E-state index contributed by atoms with van der Waals surface area (Å²) in [6, 6.07) is 3.76. The van der Waals surface area contributed by atoms with Crippen molar-refractivity contribution < 1.29 is 29.4 Å². The Balaban J connectivity index is 1.93. The lowest BCUT2D eigenvalue weighted by Crippen LogP contribution is -2.60. The van der Waals surface area contributed by atoms with Crippen LogP contribution in [0.2, 0.25) is 0 Å². The second-order valence-electron chi connectivity index (χ2n) is 10.2. The SMILES string of the molecule is CC(C)C1NC(=O)[C@H](C)[C@H](O)[C@H](Cc2cccnc2)NC(=O)[C@@H](CNC(=O)c2ncccc2O)[C@@H](C)NC1=O. The van der Waals surface area contributed by atoms with Gasteiger partial charge in [-0.2, -0.15) is 0 Å². The molecule has 3 heterocycles. The van der Waals surface area contributed by atoms with Crippen LogP contribution in [0.15, 0.2) is 42.9 Å². The maximum absolute atomic E-state index is 13.6. The smallest absolute Gasteiger partial charge is 0.273 e. The largest absolute Gasteiger partial charge is 0.505 e. The van der Waals surface area contributed by atoms with Crippen molar-refractivity contribution in [2.45, 2.75) is 58.3 Å². The molecule has 12 heteroatoms. The van der Waals surface area contributed by atoms with Gasteiger partial charge in [0.2, 0.25) is 17.7 Å². The Morgan fingerprint density at radius 1 is 1.03 bits per heavy atom. The lowest BCUT2D eigenvalue weighted by molar-refractivity contribution is -0.137. The highest BCUT2D eigenvalue weighted by atomic mass is 16.3. The predicted octanol–water partition coefficient (Wildman–Crippen LogP) is -0.0882. The molecule has 2 aromatic rings. The molecule has 1 fully saturated rings. The Bertz CT molecular complexity index is 1180. The molecule has 0 radical (unpaired) electrons. The van der Waals surface area contributed by atoms with Crippen LogP contribution in [0.1, 0.15) is 43.7 Å². The first kappa shape index (κ1) is 29.5. The number of aliphatic hydroxyl groups excluding tert-OH is 1. The standard InChI is InChI=1S/C27H36N6O6/c1-14(2)21-27(39)31-16(4)18(13-30-26(38)22-20(34)8-6-10-29-22)25(37)32-19(11-17-7-5-9-28-12-17)23(35)15(3)24(36)33-21/h5-10,12,14-16,18-19,21,23,34-35H,11,13H2,1-4H3,(H,30,38)(H,31,39)(H,32,37)(H,33,36)/t15-,16-,18+,19+,21?,23+/m1/s1. The van der Waals surface area contributed by atoms with E-state index < -0.39 is 59.7 Å². The highest BCUT2D eigenvalue weighted by Crippen LogP contribution is 2.18. The van der Waals surface area contributed by atoms with E-state index in [9.17, 15) is 29.4 Å². The average Bonchev–Trinajstić information content (AvgIpc) is 2.90. The lowest BCUT2D eigenvalue weighted by Gasteiger charge is -2.34. The zero-order chi connectivity index (χ0) is 28.7. The fraction of sp³-hybridized carbons (Fsp3) is 0.481. The molecule has 0 saturated carbocycles. The van der Waals surface area contributed by atoms with E-state index >= 15 is 0 Å². The van der Waals surface area contributed by atoms with Crippen LogP contribution >= 0.6 is 0 Å². The third-order valence-electron chi connectivity index (χ3n) is 6.89. The van der Waals surface area contributed by atoms with Crippen molar-refractivity contribution in [3.05, 3.63) is 54.1 Å². The molecule has 6 atom stereocenters. The second-order valence-corrected chi connectivity index (χ2v) is 10.2. The molecule has 1 unspecified atom stereocenters. The number of nitrogens with zero attached hydrogens (tertiary/aromatic N) is 2. The average molecular weight is 541 g/mol. The van der Waals surface area contributed by atoms with Crippen LogP contribution in [-0.4, -0.2) is 74.6 Å². The Hall–Kier alpha value is -4.06. The summed E-state index contributed by atoms with van der Waals surface area (Å²) in [5.41, 5.74) is 0.530.